The van der Waals surface area contributed by atoms with Gasteiger partial charge >= 0.3 is 0 Å². The second-order valence-electron chi connectivity index (χ2n) is 6.13. The standard InChI is InChI=1S/C15H26N4S/c1-13-17-15(12-20-13)11-19-8-6-18(7-9-19)10-14-2-4-16-5-3-14/h12,14,16H,2-11H2,1H3. The second-order valence-corrected chi connectivity index (χ2v) is 7.19. The van der Waals surface area contributed by atoms with Crippen molar-refractivity contribution >= 4 is 11.3 Å². The van der Waals surface area contributed by atoms with Crippen molar-refractivity contribution in [1.82, 2.24) is 20.1 Å². The molecule has 5 heteroatoms. The highest BCUT2D eigenvalue weighted by Crippen LogP contribution is 2.16. The molecule has 2 saturated heterocycles. The summed E-state index contributed by atoms with van der Waals surface area (Å²) in [6.07, 6.45) is 2.72. The van der Waals surface area contributed by atoms with Crippen LogP contribution in [0.4, 0.5) is 0 Å². The number of rotatable bonds is 4. The van der Waals surface area contributed by atoms with Crippen molar-refractivity contribution in [1.29, 1.82) is 0 Å². The number of nitrogens with one attached hydrogen (secondary N) is 1. The normalized spacial score (nSPS) is 23.2. The minimum Gasteiger partial charge on any atom is -0.317 e. The van der Waals surface area contributed by atoms with E-state index in [4.69, 9.17) is 0 Å². The Labute approximate surface area is 126 Å². The molecule has 2 aliphatic heterocycles. The first kappa shape index (κ1) is 14.4. The van der Waals surface area contributed by atoms with E-state index < -0.39 is 0 Å². The van der Waals surface area contributed by atoms with Gasteiger partial charge in [-0.2, -0.15) is 0 Å². The number of hydrogen-bond donors (Lipinski definition) is 1. The van der Waals surface area contributed by atoms with E-state index in [1.165, 1.54) is 69.4 Å². The van der Waals surface area contributed by atoms with E-state index in [-0.39, 0.29) is 0 Å². The fraction of sp³-hybridized carbons (Fsp3) is 0.800. The fourth-order valence-electron chi connectivity index (χ4n) is 3.27. The molecule has 1 N–H and O–H groups in total. The van der Waals surface area contributed by atoms with Gasteiger partial charge < -0.3 is 10.2 Å². The number of thiazole rings is 1. The molecule has 3 heterocycles. The lowest BCUT2D eigenvalue weighted by Crippen LogP contribution is -2.48. The van der Waals surface area contributed by atoms with Crippen LogP contribution < -0.4 is 5.32 Å². The summed E-state index contributed by atoms with van der Waals surface area (Å²) in [4.78, 5) is 9.79. The van der Waals surface area contributed by atoms with Crippen molar-refractivity contribution < 1.29 is 0 Å². The molecule has 0 spiro atoms. The third-order valence-electron chi connectivity index (χ3n) is 4.49. The van der Waals surface area contributed by atoms with Gasteiger partial charge in [-0.15, -0.1) is 11.3 Å². The van der Waals surface area contributed by atoms with Crippen LogP contribution in [0.1, 0.15) is 23.5 Å². The van der Waals surface area contributed by atoms with E-state index in [0.29, 0.717) is 0 Å². The van der Waals surface area contributed by atoms with Crippen LogP contribution in [0.5, 0.6) is 0 Å². The summed E-state index contributed by atoms with van der Waals surface area (Å²) in [6.45, 7) is 11.7. The monoisotopic (exact) mass is 294 g/mol. The molecule has 3 rings (SSSR count). The van der Waals surface area contributed by atoms with Gasteiger partial charge in [0.25, 0.3) is 0 Å². The second kappa shape index (κ2) is 6.98. The van der Waals surface area contributed by atoms with Gasteiger partial charge in [0.05, 0.1) is 10.7 Å². The van der Waals surface area contributed by atoms with Crippen LogP contribution in [0, 0.1) is 12.8 Å². The zero-order valence-electron chi connectivity index (χ0n) is 12.5. The Balaban J connectivity index is 1.40. The van der Waals surface area contributed by atoms with Gasteiger partial charge in [-0.05, 0) is 38.8 Å². The van der Waals surface area contributed by atoms with Crippen LogP contribution in [0.3, 0.4) is 0 Å². The van der Waals surface area contributed by atoms with Gasteiger partial charge in [0.2, 0.25) is 0 Å². The van der Waals surface area contributed by atoms with Gasteiger partial charge in [0.1, 0.15) is 0 Å². The van der Waals surface area contributed by atoms with Gasteiger partial charge in [-0.3, -0.25) is 4.90 Å². The molecule has 112 valence electrons. The van der Waals surface area contributed by atoms with Crippen molar-refractivity contribution in [3.05, 3.63) is 16.1 Å². The summed E-state index contributed by atoms with van der Waals surface area (Å²) in [6, 6.07) is 0. The average molecular weight is 294 g/mol. The molecule has 0 amide bonds. The molecule has 20 heavy (non-hydrogen) atoms. The number of piperazine rings is 1. The molecule has 0 atom stereocenters. The zero-order chi connectivity index (χ0) is 13.8. The highest BCUT2D eigenvalue weighted by molar-refractivity contribution is 7.09. The van der Waals surface area contributed by atoms with E-state index in [0.717, 1.165) is 12.5 Å². The van der Waals surface area contributed by atoms with E-state index in [1.54, 1.807) is 11.3 Å². The first-order valence-corrected chi connectivity index (χ1v) is 8.74. The van der Waals surface area contributed by atoms with Crippen LogP contribution in [0.2, 0.25) is 0 Å². The summed E-state index contributed by atoms with van der Waals surface area (Å²) in [5, 5.41) is 6.85. The quantitative estimate of drug-likeness (QED) is 0.913. The Bertz CT molecular complexity index is 406. The molecule has 1 aromatic heterocycles. The molecule has 0 bridgehead atoms. The minimum atomic E-state index is 0.920. The van der Waals surface area contributed by atoms with Crippen LogP contribution in [0.25, 0.3) is 0 Å². The third-order valence-corrected chi connectivity index (χ3v) is 5.31. The lowest BCUT2D eigenvalue weighted by Gasteiger charge is -2.37. The van der Waals surface area contributed by atoms with E-state index in [2.05, 4.69) is 32.4 Å². The van der Waals surface area contributed by atoms with Gasteiger partial charge in [0.15, 0.2) is 0 Å². The first-order chi connectivity index (χ1) is 9.79. The maximum absolute atomic E-state index is 4.57. The fourth-order valence-corrected chi connectivity index (χ4v) is 3.87. The summed E-state index contributed by atoms with van der Waals surface area (Å²) in [7, 11) is 0. The first-order valence-electron chi connectivity index (χ1n) is 7.86. The maximum atomic E-state index is 4.57. The molecule has 0 aromatic carbocycles. The number of aromatic nitrogens is 1. The molecule has 1 aromatic rings. The molecule has 0 aliphatic carbocycles. The summed E-state index contributed by atoms with van der Waals surface area (Å²) in [5.41, 5.74) is 1.25. The Morgan fingerprint density at radius 2 is 1.90 bits per heavy atom. The van der Waals surface area contributed by atoms with E-state index in [9.17, 15) is 0 Å². The van der Waals surface area contributed by atoms with Crippen LogP contribution >= 0.6 is 11.3 Å². The zero-order valence-corrected chi connectivity index (χ0v) is 13.3. The number of piperidine rings is 1. The van der Waals surface area contributed by atoms with Gasteiger partial charge in [-0.1, -0.05) is 0 Å². The van der Waals surface area contributed by atoms with E-state index >= 15 is 0 Å². The highest BCUT2D eigenvalue weighted by atomic mass is 32.1. The van der Waals surface area contributed by atoms with Crippen molar-refractivity contribution in [2.45, 2.75) is 26.3 Å². The Hall–Kier alpha value is -0.490. The topological polar surface area (TPSA) is 31.4 Å². The van der Waals surface area contributed by atoms with Crippen molar-refractivity contribution in [3.63, 3.8) is 0 Å². The Morgan fingerprint density at radius 1 is 1.20 bits per heavy atom. The summed E-state index contributed by atoms with van der Waals surface area (Å²) in [5.74, 6) is 0.920. The molecule has 0 saturated carbocycles. The predicted octanol–water partition coefficient (Wildman–Crippen LogP) is 1.57. The molecule has 0 unspecified atom stereocenters. The minimum absolute atomic E-state index is 0.920. The third kappa shape index (κ3) is 4.01. The van der Waals surface area contributed by atoms with Crippen LogP contribution in [0.15, 0.2) is 5.38 Å². The Morgan fingerprint density at radius 3 is 2.55 bits per heavy atom. The van der Waals surface area contributed by atoms with E-state index in [1.807, 2.05) is 0 Å². The maximum Gasteiger partial charge on any atom is 0.0897 e. The van der Waals surface area contributed by atoms with Crippen molar-refractivity contribution in [3.8, 4) is 0 Å². The molecule has 2 aliphatic rings. The van der Waals surface area contributed by atoms with Crippen molar-refractivity contribution in [2.24, 2.45) is 5.92 Å². The number of hydrogen-bond acceptors (Lipinski definition) is 5. The van der Waals surface area contributed by atoms with Crippen molar-refractivity contribution in [2.75, 3.05) is 45.8 Å². The smallest absolute Gasteiger partial charge is 0.0897 e. The molecule has 0 radical (unpaired) electrons. The van der Waals surface area contributed by atoms with Crippen LogP contribution in [-0.2, 0) is 6.54 Å². The van der Waals surface area contributed by atoms with Gasteiger partial charge in [-0.25, -0.2) is 4.98 Å². The molecule has 2 fully saturated rings. The molecular formula is C15H26N4S. The molecule has 4 nitrogen and oxygen atoms in total. The summed E-state index contributed by atoms with van der Waals surface area (Å²) < 4.78 is 0. The van der Waals surface area contributed by atoms with Crippen LogP contribution in [-0.4, -0.2) is 60.6 Å². The largest absolute Gasteiger partial charge is 0.317 e. The number of aryl methyl sites for hydroxylation is 1. The lowest BCUT2D eigenvalue weighted by molar-refractivity contribution is 0.106. The summed E-state index contributed by atoms with van der Waals surface area (Å²) >= 11 is 1.76. The lowest BCUT2D eigenvalue weighted by atomic mass is 9.97. The van der Waals surface area contributed by atoms with Gasteiger partial charge in [0, 0.05) is 44.6 Å². The Kier molecular flexibility index (Phi) is 5.04. The highest BCUT2D eigenvalue weighted by Gasteiger charge is 2.21. The SMILES string of the molecule is Cc1nc(CN2CCN(CC3CCNCC3)CC2)cs1. The predicted molar refractivity (Wildman–Crippen MR) is 84.2 cm³/mol. The number of nitrogens with zero attached hydrogens (tertiary/aromatic N) is 3. The molecular weight excluding hydrogens is 268 g/mol. The average Bonchev–Trinajstić information content (AvgIpc) is 2.88.